The lowest BCUT2D eigenvalue weighted by Gasteiger charge is -2.12. The van der Waals surface area contributed by atoms with Gasteiger partial charge in [0.05, 0.1) is 13.2 Å². The van der Waals surface area contributed by atoms with Crippen molar-refractivity contribution in [1.29, 1.82) is 0 Å². The minimum Gasteiger partial charge on any atom is -0.375 e. The van der Waals surface area contributed by atoms with Gasteiger partial charge < -0.3 is 15.4 Å². The summed E-state index contributed by atoms with van der Waals surface area (Å²) in [5.41, 5.74) is 2.51. The Morgan fingerprint density at radius 1 is 0.875 bits per heavy atom. The van der Waals surface area contributed by atoms with E-state index in [4.69, 9.17) is 4.74 Å². The number of hydrogen-bond acceptors (Lipinski definition) is 2. The predicted octanol–water partition coefficient (Wildman–Crippen LogP) is 3.23. The number of hydrogen-bond donors (Lipinski definition) is 2. The summed E-state index contributed by atoms with van der Waals surface area (Å²) in [7, 11) is 1.78. The summed E-state index contributed by atoms with van der Waals surface area (Å²) in [5, 5.41) is 6.57. The van der Waals surface area contributed by atoms with E-state index >= 15 is 0 Å². The minimum atomic E-state index is 0. The van der Waals surface area contributed by atoms with Crippen LogP contribution in [0.2, 0.25) is 0 Å². The zero-order chi connectivity index (χ0) is 16.2. The summed E-state index contributed by atoms with van der Waals surface area (Å²) in [5.74, 6) is 0.809. The van der Waals surface area contributed by atoms with Gasteiger partial charge in [-0.15, -0.1) is 24.0 Å². The Morgan fingerprint density at radius 2 is 1.46 bits per heavy atom. The fourth-order valence-corrected chi connectivity index (χ4v) is 2.20. The van der Waals surface area contributed by atoms with Crippen molar-refractivity contribution in [1.82, 2.24) is 10.6 Å². The molecule has 0 spiro atoms. The molecule has 0 aliphatic carbocycles. The fraction of sp³-hybridized carbons (Fsp3) is 0.316. The highest BCUT2D eigenvalue weighted by Gasteiger charge is 1.98. The van der Waals surface area contributed by atoms with Crippen LogP contribution in [0.1, 0.15) is 11.1 Å². The smallest absolute Gasteiger partial charge is 0.191 e. The molecule has 0 bridgehead atoms. The molecule has 0 unspecified atom stereocenters. The molecule has 0 fully saturated rings. The van der Waals surface area contributed by atoms with Crippen LogP contribution in [0, 0.1) is 0 Å². The molecule has 0 aromatic heterocycles. The number of benzene rings is 2. The van der Waals surface area contributed by atoms with Crippen molar-refractivity contribution < 1.29 is 4.74 Å². The van der Waals surface area contributed by atoms with Crippen molar-refractivity contribution in [2.24, 2.45) is 4.99 Å². The second-order valence-corrected chi connectivity index (χ2v) is 5.20. The molecule has 4 nitrogen and oxygen atoms in total. The van der Waals surface area contributed by atoms with Crippen LogP contribution in [-0.4, -0.2) is 32.7 Å². The van der Waals surface area contributed by atoms with E-state index in [-0.39, 0.29) is 24.0 Å². The van der Waals surface area contributed by atoms with Gasteiger partial charge in [-0.25, -0.2) is 0 Å². The van der Waals surface area contributed by atoms with E-state index in [9.17, 15) is 0 Å². The van der Waals surface area contributed by atoms with Crippen molar-refractivity contribution in [3.63, 3.8) is 0 Å². The molecule has 0 radical (unpaired) electrons. The normalized spacial score (nSPS) is 10.8. The van der Waals surface area contributed by atoms with Crippen molar-refractivity contribution in [2.75, 3.05) is 26.7 Å². The lowest BCUT2D eigenvalue weighted by Crippen LogP contribution is -2.39. The molecule has 0 saturated heterocycles. The zero-order valence-corrected chi connectivity index (χ0v) is 16.4. The van der Waals surface area contributed by atoms with Crippen LogP contribution in [-0.2, 0) is 17.8 Å². The maximum atomic E-state index is 5.64. The van der Waals surface area contributed by atoms with Crippen molar-refractivity contribution in [2.45, 2.75) is 13.0 Å². The molecular weight excluding hydrogens is 413 g/mol. The topological polar surface area (TPSA) is 45.7 Å². The molecule has 0 heterocycles. The third kappa shape index (κ3) is 8.31. The number of aliphatic imine (C=N–C) groups is 1. The van der Waals surface area contributed by atoms with E-state index in [1.54, 1.807) is 7.05 Å². The molecule has 0 saturated carbocycles. The average molecular weight is 439 g/mol. The van der Waals surface area contributed by atoms with Gasteiger partial charge in [0.25, 0.3) is 0 Å². The van der Waals surface area contributed by atoms with Crippen LogP contribution in [0.3, 0.4) is 0 Å². The van der Waals surface area contributed by atoms with E-state index < -0.39 is 0 Å². The van der Waals surface area contributed by atoms with Crippen molar-refractivity contribution >= 4 is 29.9 Å². The Morgan fingerprint density at radius 3 is 2.08 bits per heavy atom. The Hall–Kier alpha value is -1.60. The third-order valence-corrected chi connectivity index (χ3v) is 3.42. The molecule has 5 heteroatoms. The van der Waals surface area contributed by atoms with E-state index in [0.717, 1.165) is 25.5 Å². The largest absolute Gasteiger partial charge is 0.375 e. The van der Waals surface area contributed by atoms with Crippen LogP contribution in [0.15, 0.2) is 65.7 Å². The maximum Gasteiger partial charge on any atom is 0.191 e. The quantitative estimate of drug-likeness (QED) is 0.288. The Kier molecular flexibility index (Phi) is 10.9. The highest BCUT2D eigenvalue weighted by Crippen LogP contribution is 2.00. The number of nitrogens with zero attached hydrogens (tertiary/aromatic N) is 1. The highest BCUT2D eigenvalue weighted by molar-refractivity contribution is 14.0. The van der Waals surface area contributed by atoms with Gasteiger partial charge in [-0.05, 0) is 17.5 Å². The summed E-state index contributed by atoms with van der Waals surface area (Å²) >= 11 is 0. The van der Waals surface area contributed by atoms with E-state index in [2.05, 4.69) is 52.0 Å². The van der Waals surface area contributed by atoms with Crippen LogP contribution < -0.4 is 10.6 Å². The first-order valence-electron chi connectivity index (χ1n) is 7.98. The van der Waals surface area contributed by atoms with E-state index in [0.29, 0.717) is 13.2 Å². The molecule has 0 amide bonds. The van der Waals surface area contributed by atoms with Gasteiger partial charge in [0, 0.05) is 20.1 Å². The van der Waals surface area contributed by atoms with Crippen molar-refractivity contribution in [3.05, 3.63) is 71.8 Å². The van der Waals surface area contributed by atoms with Crippen molar-refractivity contribution in [3.8, 4) is 0 Å². The fourth-order valence-electron chi connectivity index (χ4n) is 2.20. The van der Waals surface area contributed by atoms with E-state index in [1.165, 1.54) is 11.1 Å². The SMILES string of the molecule is CN=C(NCCOCc1ccccc1)NCCc1ccccc1.I. The molecule has 2 aromatic carbocycles. The van der Waals surface area contributed by atoms with Crippen LogP contribution >= 0.6 is 24.0 Å². The molecule has 0 atom stereocenters. The highest BCUT2D eigenvalue weighted by atomic mass is 127. The molecule has 130 valence electrons. The molecule has 24 heavy (non-hydrogen) atoms. The van der Waals surface area contributed by atoms with Gasteiger partial charge in [-0.2, -0.15) is 0 Å². The van der Waals surface area contributed by atoms with Gasteiger partial charge in [-0.1, -0.05) is 60.7 Å². The second kappa shape index (κ2) is 12.8. The summed E-state index contributed by atoms with van der Waals surface area (Å²) in [6.45, 7) is 2.88. The molecule has 2 aromatic rings. The first kappa shape index (κ1) is 20.4. The van der Waals surface area contributed by atoms with Gasteiger partial charge in [0.15, 0.2) is 5.96 Å². The predicted molar refractivity (Wildman–Crippen MR) is 111 cm³/mol. The summed E-state index contributed by atoms with van der Waals surface area (Å²) < 4.78 is 5.64. The second-order valence-electron chi connectivity index (χ2n) is 5.20. The number of guanidine groups is 1. The van der Waals surface area contributed by atoms with Gasteiger partial charge >= 0.3 is 0 Å². The van der Waals surface area contributed by atoms with E-state index in [1.807, 2.05) is 24.3 Å². The molecule has 2 N–H and O–H groups in total. The Balaban J connectivity index is 0.00000288. The number of ether oxygens (including phenoxy) is 1. The van der Waals surface area contributed by atoms with Crippen LogP contribution in [0.4, 0.5) is 0 Å². The van der Waals surface area contributed by atoms with Crippen LogP contribution in [0.5, 0.6) is 0 Å². The minimum absolute atomic E-state index is 0. The first-order chi connectivity index (χ1) is 11.4. The molecular formula is C19H26IN3O. The average Bonchev–Trinajstić information content (AvgIpc) is 2.61. The number of nitrogens with one attached hydrogen (secondary N) is 2. The first-order valence-corrected chi connectivity index (χ1v) is 7.98. The summed E-state index contributed by atoms with van der Waals surface area (Å²) in [4.78, 5) is 4.21. The van der Waals surface area contributed by atoms with Gasteiger partial charge in [-0.3, -0.25) is 4.99 Å². The third-order valence-electron chi connectivity index (χ3n) is 3.42. The maximum absolute atomic E-state index is 5.64. The molecule has 0 aliphatic heterocycles. The van der Waals surface area contributed by atoms with Gasteiger partial charge in [0.2, 0.25) is 0 Å². The lowest BCUT2D eigenvalue weighted by molar-refractivity contribution is 0.125. The monoisotopic (exact) mass is 439 g/mol. The Bertz CT molecular complexity index is 576. The Labute approximate surface area is 161 Å². The standard InChI is InChI=1S/C19H25N3O.HI/c1-20-19(21-13-12-17-8-4-2-5-9-17)22-14-15-23-16-18-10-6-3-7-11-18;/h2-11H,12-16H2,1H3,(H2,20,21,22);1H. The summed E-state index contributed by atoms with van der Waals surface area (Å²) in [6.07, 6.45) is 0.978. The lowest BCUT2D eigenvalue weighted by atomic mass is 10.1. The number of rotatable bonds is 8. The zero-order valence-electron chi connectivity index (χ0n) is 14.1. The number of halogens is 1. The van der Waals surface area contributed by atoms with Crippen LogP contribution in [0.25, 0.3) is 0 Å². The molecule has 2 rings (SSSR count). The van der Waals surface area contributed by atoms with Gasteiger partial charge in [0.1, 0.15) is 0 Å². The summed E-state index contributed by atoms with van der Waals surface area (Å²) in [6, 6.07) is 20.6. The molecule has 0 aliphatic rings.